The maximum atomic E-state index is 12.1. The minimum Gasteiger partial charge on any atom is -0.368 e. The third kappa shape index (κ3) is 3.48. The molecule has 2 fully saturated rings. The van der Waals surface area contributed by atoms with Gasteiger partial charge in [-0.25, -0.2) is 0 Å². The van der Waals surface area contributed by atoms with Crippen LogP contribution in [0.2, 0.25) is 0 Å². The molecule has 0 saturated heterocycles. The number of rotatable bonds is 8. The van der Waals surface area contributed by atoms with Gasteiger partial charge in [0.05, 0.1) is 0 Å². The van der Waals surface area contributed by atoms with Gasteiger partial charge in [0.25, 0.3) is 0 Å². The zero-order valence-corrected chi connectivity index (χ0v) is 12.8. The van der Waals surface area contributed by atoms with Crippen LogP contribution >= 0.6 is 0 Å². The summed E-state index contributed by atoms with van der Waals surface area (Å²) in [4.78, 5) is 14.4. The number of primary amides is 1. The Morgan fingerprint density at radius 2 is 2.05 bits per heavy atom. The quantitative estimate of drug-likeness (QED) is 0.695. The minimum absolute atomic E-state index is 0.181. The first-order valence-electron chi connectivity index (χ1n) is 7.61. The monoisotopic (exact) mass is 267 g/mol. The topological polar surface area (TPSA) is 58.4 Å². The van der Waals surface area contributed by atoms with Crippen molar-refractivity contribution in [1.29, 1.82) is 0 Å². The maximum Gasteiger partial charge on any atom is 0.239 e. The van der Waals surface area contributed by atoms with E-state index in [1.54, 1.807) is 0 Å². The SMILES string of the molecule is CC(C)NC(CN(C)CC1CC1C)(C(N)=O)C1CC1. The van der Waals surface area contributed by atoms with Gasteiger partial charge in [-0.1, -0.05) is 6.92 Å². The lowest BCUT2D eigenvalue weighted by molar-refractivity contribution is -0.126. The predicted molar refractivity (Wildman–Crippen MR) is 77.7 cm³/mol. The number of carbonyl (C=O) groups is 1. The van der Waals surface area contributed by atoms with Gasteiger partial charge >= 0.3 is 0 Å². The van der Waals surface area contributed by atoms with Gasteiger partial charge in [0.1, 0.15) is 5.54 Å². The summed E-state index contributed by atoms with van der Waals surface area (Å²) in [5, 5.41) is 3.47. The molecule has 2 rings (SSSR count). The van der Waals surface area contributed by atoms with Crippen LogP contribution in [0.15, 0.2) is 0 Å². The van der Waals surface area contributed by atoms with Crippen LogP contribution in [0.3, 0.4) is 0 Å². The van der Waals surface area contributed by atoms with Crippen molar-refractivity contribution in [3.8, 4) is 0 Å². The lowest BCUT2D eigenvalue weighted by Gasteiger charge is -2.37. The first kappa shape index (κ1) is 14.8. The molecule has 1 amide bonds. The zero-order chi connectivity index (χ0) is 14.2. The molecule has 110 valence electrons. The molecule has 2 saturated carbocycles. The Balaban J connectivity index is 2.01. The van der Waals surface area contributed by atoms with Crippen LogP contribution in [-0.2, 0) is 4.79 Å². The molecule has 0 aromatic rings. The van der Waals surface area contributed by atoms with E-state index >= 15 is 0 Å². The first-order valence-corrected chi connectivity index (χ1v) is 7.61. The number of nitrogens with two attached hydrogens (primary N) is 1. The maximum absolute atomic E-state index is 12.1. The van der Waals surface area contributed by atoms with E-state index in [1.807, 2.05) is 0 Å². The second-order valence-electron chi connectivity index (χ2n) is 7.08. The smallest absolute Gasteiger partial charge is 0.239 e. The Hall–Kier alpha value is -0.610. The highest BCUT2D eigenvalue weighted by Crippen LogP contribution is 2.42. The average molecular weight is 267 g/mol. The van der Waals surface area contributed by atoms with Gasteiger partial charge < -0.3 is 10.6 Å². The van der Waals surface area contributed by atoms with Gasteiger partial charge in [-0.15, -0.1) is 0 Å². The molecule has 4 heteroatoms. The van der Waals surface area contributed by atoms with Crippen molar-refractivity contribution in [3.05, 3.63) is 0 Å². The average Bonchev–Trinajstić information content (AvgIpc) is 3.14. The van der Waals surface area contributed by atoms with Crippen molar-refractivity contribution < 1.29 is 4.79 Å². The molecule has 3 unspecified atom stereocenters. The number of amides is 1. The molecule has 0 aliphatic heterocycles. The summed E-state index contributed by atoms with van der Waals surface area (Å²) < 4.78 is 0. The zero-order valence-electron chi connectivity index (χ0n) is 12.8. The molecule has 0 spiro atoms. The second-order valence-corrected chi connectivity index (χ2v) is 7.08. The van der Waals surface area contributed by atoms with Crippen LogP contribution in [0.25, 0.3) is 0 Å². The van der Waals surface area contributed by atoms with Crippen LogP contribution in [0, 0.1) is 17.8 Å². The summed E-state index contributed by atoms with van der Waals surface area (Å²) in [5.41, 5.74) is 5.23. The molecule has 2 aliphatic rings. The van der Waals surface area contributed by atoms with Crippen LogP contribution in [0.5, 0.6) is 0 Å². The fourth-order valence-electron chi connectivity index (χ4n) is 3.28. The van der Waals surface area contributed by atoms with Gasteiger partial charge in [0, 0.05) is 19.1 Å². The van der Waals surface area contributed by atoms with E-state index < -0.39 is 5.54 Å². The molecule has 3 N–H and O–H groups in total. The molecule has 0 aromatic carbocycles. The van der Waals surface area contributed by atoms with E-state index in [2.05, 4.69) is 38.0 Å². The molecule has 0 bridgehead atoms. The van der Waals surface area contributed by atoms with Gasteiger partial charge in [0.2, 0.25) is 5.91 Å². The summed E-state index contributed by atoms with van der Waals surface area (Å²) in [6.07, 6.45) is 3.57. The molecule has 4 nitrogen and oxygen atoms in total. The molecule has 3 atom stereocenters. The molecule has 2 aliphatic carbocycles. The van der Waals surface area contributed by atoms with Crippen LogP contribution < -0.4 is 11.1 Å². The number of carbonyl (C=O) groups excluding carboxylic acids is 1. The van der Waals surface area contributed by atoms with Gasteiger partial charge in [-0.3, -0.25) is 10.1 Å². The highest BCUT2D eigenvalue weighted by molar-refractivity contribution is 5.86. The van der Waals surface area contributed by atoms with Crippen molar-refractivity contribution in [2.24, 2.45) is 23.5 Å². The van der Waals surface area contributed by atoms with Crippen molar-refractivity contribution in [3.63, 3.8) is 0 Å². The number of likely N-dealkylation sites (N-methyl/N-ethyl adjacent to an activating group) is 1. The first-order chi connectivity index (χ1) is 8.85. The number of hydrogen-bond donors (Lipinski definition) is 2. The van der Waals surface area contributed by atoms with Crippen LogP contribution in [0.1, 0.15) is 40.0 Å². The number of hydrogen-bond acceptors (Lipinski definition) is 3. The highest BCUT2D eigenvalue weighted by Gasteiger charge is 2.50. The fraction of sp³-hybridized carbons (Fsp3) is 0.933. The predicted octanol–water partition coefficient (Wildman–Crippen LogP) is 1.21. The van der Waals surface area contributed by atoms with Crippen molar-refractivity contribution in [2.45, 2.75) is 51.6 Å². The summed E-state index contributed by atoms with van der Waals surface area (Å²) >= 11 is 0. The molecule has 19 heavy (non-hydrogen) atoms. The molecule has 0 heterocycles. The van der Waals surface area contributed by atoms with E-state index in [0.717, 1.165) is 37.8 Å². The molecular weight excluding hydrogens is 238 g/mol. The van der Waals surface area contributed by atoms with Gasteiger partial charge in [-0.05, 0) is 57.9 Å². The van der Waals surface area contributed by atoms with E-state index in [1.165, 1.54) is 6.42 Å². The number of nitrogens with one attached hydrogen (secondary N) is 1. The van der Waals surface area contributed by atoms with E-state index in [9.17, 15) is 4.79 Å². The second kappa shape index (κ2) is 5.41. The van der Waals surface area contributed by atoms with Crippen molar-refractivity contribution in [2.75, 3.05) is 20.1 Å². The normalized spacial score (nSPS) is 29.6. The molecular formula is C15H29N3O. The Labute approximate surface area is 117 Å². The molecule has 0 aromatic heterocycles. The van der Waals surface area contributed by atoms with Gasteiger partial charge in [0.15, 0.2) is 0 Å². The number of nitrogens with zero attached hydrogens (tertiary/aromatic N) is 1. The summed E-state index contributed by atoms with van der Waals surface area (Å²) in [6, 6.07) is 0.279. The Bertz CT molecular complexity index is 340. The highest BCUT2D eigenvalue weighted by atomic mass is 16.1. The van der Waals surface area contributed by atoms with E-state index in [-0.39, 0.29) is 11.9 Å². The van der Waals surface area contributed by atoms with E-state index in [4.69, 9.17) is 5.73 Å². The largest absolute Gasteiger partial charge is 0.368 e. The standard InChI is InChI=1S/C15H29N3O/c1-10(2)17-15(14(16)19,13-5-6-13)9-18(4)8-12-7-11(12)3/h10-13,17H,5-9H2,1-4H3,(H2,16,19). The Morgan fingerprint density at radius 3 is 2.42 bits per heavy atom. The van der Waals surface area contributed by atoms with Crippen molar-refractivity contribution >= 4 is 5.91 Å². The third-order valence-corrected chi connectivity index (χ3v) is 4.60. The van der Waals surface area contributed by atoms with Crippen LogP contribution in [-0.4, -0.2) is 42.5 Å². The van der Waals surface area contributed by atoms with Gasteiger partial charge in [-0.2, -0.15) is 0 Å². The molecule has 0 radical (unpaired) electrons. The Morgan fingerprint density at radius 1 is 1.47 bits per heavy atom. The summed E-state index contributed by atoms with van der Waals surface area (Å²) in [6.45, 7) is 8.30. The summed E-state index contributed by atoms with van der Waals surface area (Å²) in [7, 11) is 2.12. The van der Waals surface area contributed by atoms with E-state index in [0.29, 0.717) is 5.92 Å². The van der Waals surface area contributed by atoms with Crippen LogP contribution in [0.4, 0.5) is 0 Å². The summed E-state index contributed by atoms with van der Waals surface area (Å²) in [5.74, 6) is 1.91. The minimum atomic E-state index is -0.527. The van der Waals surface area contributed by atoms with Crippen molar-refractivity contribution in [1.82, 2.24) is 10.2 Å². The fourth-order valence-corrected chi connectivity index (χ4v) is 3.28. The lowest BCUT2D eigenvalue weighted by atomic mass is 9.90. The Kier molecular flexibility index (Phi) is 4.21. The third-order valence-electron chi connectivity index (χ3n) is 4.60. The lowest BCUT2D eigenvalue weighted by Crippen LogP contribution is -2.64.